The lowest BCUT2D eigenvalue weighted by atomic mass is 10.2. The van der Waals surface area contributed by atoms with E-state index in [1.54, 1.807) is 12.4 Å². The van der Waals surface area contributed by atoms with Crippen LogP contribution < -0.4 is 0 Å². The second-order valence-electron chi connectivity index (χ2n) is 6.40. The van der Waals surface area contributed by atoms with Crippen molar-refractivity contribution in [1.29, 1.82) is 0 Å². The number of aromatic nitrogens is 2. The predicted molar refractivity (Wildman–Crippen MR) is 94.3 cm³/mol. The van der Waals surface area contributed by atoms with Crippen molar-refractivity contribution in [2.75, 3.05) is 19.8 Å². The Morgan fingerprint density at radius 3 is 2.00 bits per heavy atom. The van der Waals surface area contributed by atoms with Crippen molar-refractivity contribution in [2.24, 2.45) is 5.92 Å². The number of nitrogens with zero attached hydrogens (tertiary/aromatic N) is 3. The summed E-state index contributed by atoms with van der Waals surface area (Å²) in [5.74, 6) is 0.468. The molecule has 0 aliphatic rings. The fourth-order valence-electron chi connectivity index (χ4n) is 2.42. The van der Waals surface area contributed by atoms with E-state index < -0.39 is 6.10 Å². The first-order valence-corrected chi connectivity index (χ1v) is 8.41. The average molecular weight is 329 g/mol. The molecule has 0 saturated carbocycles. The van der Waals surface area contributed by atoms with Crippen LogP contribution in [0.3, 0.4) is 0 Å². The zero-order chi connectivity index (χ0) is 17.2. The highest BCUT2D eigenvalue weighted by Gasteiger charge is 2.14. The van der Waals surface area contributed by atoms with Gasteiger partial charge >= 0.3 is 0 Å². The van der Waals surface area contributed by atoms with E-state index in [0.29, 0.717) is 38.8 Å². The molecular weight excluding hydrogens is 302 g/mol. The molecule has 2 heterocycles. The highest BCUT2D eigenvalue weighted by molar-refractivity contribution is 5.06. The van der Waals surface area contributed by atoms with Crippen LogP contribution in [0, 0.1) is 5.92 Å². The zero-order valence-corrected chi connectivity index (χ0v) is 14.5. The summed E-state index contributed by atoms with van der Waals surface area (Å²) in [5.41, 5.74) is 1.95. The van der Waals surface area contributed by atoms with Crippen molar-refractivity contribution in [3.63, 3.8) is 0 Å². The zero-order valence-electron chi connectivity index (χ0n) is 14.5. The standard InChI is InChI=1S/C19H27N3O2/c1-16(2)14-24-15-19(23)13-22(11-17-7-3-5-9-20-17)12-18-8-4-6-10-21-18/h3-10,16,19,23H,11-15H2,1-2H3. The van der Waals surface area contributed by atoms with Crippen LogP contribution in [0.1, 0.15) is 25.2 Å². The second-order valence-corrected chi connectivity index (χ2v) is 6.40. The van der Waals surface area contributed by atoms with Gasteiger partial charge < -0.3 is 9.84 Å². The molecule has 0 amide bonds. The number of hydrogen-bond acceptors (Lipinski definition) is 5. The minimum Gasteiger partial charge on any atom is -0.389 e. The van der Waals surface area contributed by atoms with E-state index in [0.717, 1.165) is 11.4 Å². The number of pyridine rings is 2. The first-order chi connectivity index (χ1) is 11.6. The molecule has 0 aliphatic heterocycles. The molecule has 0 aromatic carbocycles. The lowest BCUT2D eigenvalue weighted by molar-refractivity contribution is 0.00518. The van der Waals surface area contributed by atoms with E-state index in [1.165, 1.54) is 0 Å². The van der Waals surface area contributed by atoms with Crippen LogP contribution in [0.15, 0.2) is 48.8 Å². The second kappa shape index (κ2) is 10.1. The largest absolute Gasteiger partial charge is 0.389 e. The van der Waals surface area contributed by atoms with Crippen LogP contribution >= 0.6 is 0 Å². The molecule has 1 atom stereocenters. The van der Waals surface area contributed by atoms with Gasteiger partial charge in [-0.25, -0.2) is 0 Å². The molecule has 130 valence electrons. The first kappa shape index (κ1) is 18.5. The minimum atomic E-state index is -0.531. The molecule has 2 aromatic heterocycles. The third-order valence-electron chi connectivity index (χ3n) is 3.45. The molecule has 0 aliphatic carbocycles. The molecule has 1 unspecified atom stereocenters. The summed E-state index contributed by atoms with van der Waals surface area (Å²) in [6, 6.07) is 11.7. The molecular formula is C19H27N3O2. The maximum Gasteiger partial charge on any atom is 0.0900 e. The monoisotopic (exact) mass is 329 g/mol. The van der Waals surface area contributed by atoms with Crippen molar-refractivity contribution in [2.45, 2.75) is 33.0 Å². The molecule has 0 bridgehead atoms. The topological polar surface area (TPSA) is 58.5 Å². The summed E-state index contributed by atoms with van der Waals surface area (Å²) >= 11 is 0. The summed E-state index contributed by atoms with van der Waals surface area (Å²) in [6.45, 7) is 7.06. The van der Waals surface area contributed by atoms with Crippen LogP contribution in [0.25, 0.3) is 0 Å². The lowest BCUT2D eigenvalue weighted by Gasteiger charge is -2.24. The van der Waals surface area contributed by atoms with Gasteiger partial charge in [-0.15, -0.1) is 0 Å². The van der Waals surface area contributed by atoms with Gasteiger partial charge in [-0.3, -0.25) is 14.9 Å². The Bertz CT molecular complexity index is 522. The Hall–Kier alpha value is -1.82. The van der Waals surface area contributed by atoms with Gasteiger partial charge in [0.15, 0.2) is 0 Å². The number of aliphatic hydroxyl groups excluding tert-OH is 1. The van der Waals surface area contributed by atoms with Gasteiger partial charge in [0.05, 0.1) is 24.1 Å². The predicted octanol–water partition coefficient (Wildman–Crippen LogP) is 2.51. The summed E-state index contributed by atoms with van der Waals surface area (Å²) in [6.07, 6.45) is 3.04. The van der Waals surface area contributed by atoms with Crippen molar-refractivity contribution in [1.82, 2.24) is 14.9 Å². The van der Waals surface area contributed by atoms with Gasteiger partial charge in [-0.2, -0.15) is 0 Å². The first-order valence-electron chi connectivity index (χ1n) is 8.41. The van der Waals surface area contributed by atoms with Gasteiger partial charge in [-0.1, -0.05) is 26.0 Å². The third kappa shape index (κ3) is 7.17. The number of ether oxygens (including phenoxy) is 1. The maximum atomic E-state index is 10.3. The van der Waals surface area contributed by atoms with Crippen molar-refractivity contribution in [3.8, 4) is 0 Å². The van der Waals surface area contributed by atoms with Crippen molar-refractivity contribution < 1.29 is 9.84 Å². The maximum absolute atomic E-state index is 10.3. The summed E-state index contributed by atoms with van der Waals surface area (Å²) < 4.78 is 5.55. The average Bonchev–Trinajstić information content (AvgIpc) is 2.56. The van der Waals surface area contributed by atoms with Crippen molar-refractivity contribution in [3.05, 3.63) is 60.2 Å². The van der Waals surface area contributed by atoms with E-state index in [4.69, 9.17) is 4.74 Å². The Labute approximate surface area is 144 Å². The molecule has 0 radical (unpaired) electrons. The Morgan fingerprint density at radius 1 is 0.958 bits per heavy atom. The van der Waals surface area contributed by atoms with E-state index in [2.05, 4.69) is 28.7 Å². The van der Waals surface area contributed by atoms with Gasteiger partial charge in [-0.05, 0) is 30.2 Å². The Morgan fingerprint density at radius 2 is 1.54 bits per heavy atom. The molecule has 0 fully saturated rings. The summed E-state index contributed by atoms with van der Waals surface area (Å²) in [5, 5.41) is 10.3. The molecule has 2 aromatic rings. The number of aliphatic hydroxyl groups is 1. The molecule has 5 nitrogen and oxygen atoms in total. The van der Waals surface area contributed by atoms with Crippen LogP contribution in [-0.4, -0.2) is 45.8 Å². The normalized spacial score (nSPS) is 12.7. The molecule has 2 rings (SSSR count). The Balaban J connectivity index is 1.94. The molecule has 0 spiro atoms. The Kier molecular flexibility index (Phi) is 7.82. The van der Waals surface area contributed by atoms with E-state index in [-0.39, 0.29) is 0 Å². The fraction of sp³-hybridized carbons (Fsp3) is 0.474. The summed E-state index contributed by atoms with van der Waals surface area (Å²) in [4.78, 5) is 10.9. The van der Waals surface area contributed by atoms with E-state index in [1.807, 2.05) is 36.4 Å². The minimum absolute atomic E-state index is 0.346. The molecule has 5 heteroatoms. The fourth-order valence-corrected chi connectivity index (χ4v) is 2.42. The van der Waals surface area contributed by atoms with Gasteiger partial charge in [0.1, 0.15) is 0 Å². The van der Waals surface area contributed by atoms with Crippen LogP contribution in [0.5, 0.6) is 0 Å². The number of hydrogen-bond donors (Lipinski definition) is 1. The highest BCUT2D eigenvalue weighted by atomic mass is 16.5. The lowest BCUT2D eigenvalue weighted by Crippen LogP contribution is -2.35. The van der Waals surface area contributed by atoms with Crippen LogP contribution in [-0.2, 0) is 17.8 Å². The van der Waals surface area contributed by atoms with Crippen LogP contribution in [0.2, 0.25) is 0 Å². The SMILES string of the molecule is CC(C)COCC(O)CN(Cc1ccccn1)Cc1ccccn1. The van der Waals surface area contributed by atoms with Gasteiger partial charge in [0.2, 0.25) is 0 Å². The van der Waals surface area contributed by atoms with Crippen LogP contribution in [0.4, 0.5) is 0 Å². The third-order valence-corrected chi connectivity index (χ3v) is 3.45. The molecule has 0 saturated heterocycles. The van der Waals surface area contributed by atoms with Crippen molar-refractivity contribution >= 4 is 0 Å². The van der Waals surface area contributed by atoms with Gasteiger partial charge in [0.25, 0.3) is 0 Å². The summed E-state index contributed by atoms with van der Waals surface area (Å²) in [7, 11) is 0. The highest BCUT2D eigenvalue weighted by Crippen LogP contribution is 2.08. The van der Waals surface area contributed by atoms with E-state index >= 15 is 0 Å². The van der Waals surface area contributed by atoms with E-state index in [9.17, 15) is 5.11 Å². The molecule has 24 heavy (non-hydrogen) atoms. The quantitative estimate of drug-likeness (QED) is 0.726. The number of rotatable bonds is 10. The molecule has 1 N–H and O–H groups in total. The van der Waals surface area contributed by atoms with Gasteiger partial charge in [0, 0.05) is 38.6 Å². The smallest absolute Gasteiger partial charge is 0.0900 e.